The molecule has 0 atom stereocenters. The summed E-state index contributed by atoms with van der Waals surface area (Å²) in [6.07, 6.45) is 0. The Kier molecular flexibility index (Phi) is 5.08. The van der Waals surface area contributed by atoms with Crippen LogP contribution in [0.4, 0.5) is 10.1 Å². The molecule has 0 aliphatic rings. The number of nitro groups is 1. The minimum atomic E-state index is -3.62. The second kappa shape index (κ2) is 5.95. The van der Waals surface area contributed by atoms with Gasteiger partial charge in [0.15, 0.2) is 0 Å². The Hall–Kier alpha value is -0.710. The van der Waals surface area contributed by atoms with Gasteiger partial charge in [-0.3, -0.25) is 10.1 Å². The number of nitrogens with two attached hydrogens (primary N) is 1. The van der Waals surface area contributed by atoms with Crippen molar-refractivity contribution in [3.05, 3.63) is 32.5 Å². The van der Waals surface area contributed by atoms with E-state index in [1.807, 2.05) is 0 Å². The van der Waals surface area contributed by atoms with Crippen LogP contribution in [-0.2, 0) is 10.0 Å². The highest BCUT2D eigenvalue weighted by Gasteiger charge is 2.18. The first-order valence-electron chi connectivity index (χ1n) is 4.47. The molecule has 0 radical (unpaired) electrons. The van der Waals surface area contributed by atoms with Gasteiger partial charge >= 0.3 is 0 Å². The number of nitrogens with zero attached hydrogens (tertiary/aromatic N) is 1. The van der Waals surface area contributed by atoms with Crippen LogP contribution < -0.4 is 5.14 Å². The van der Waals surface area contributed by atoms with E-state index in [2.05, 4.69) is 15.9 Å². The summed E-state index contributed by atoms with van der Waals surface area (Å²) in [6.45, 7) is 0. The lowest BCUT2D eigenvalue weighted by Gasteiger charge is -2.04. The molecule has 100 valence electrons. The molecule has 6 nitrogen and oxygen atoms in total. The fourth-order valence-corrected chi connectivity index (χ4v) is 3.50. The first-order valence-corrected chi connectivity index (χ1v) is 7.97. The van der Waals surface area contributed by atoms with Gasteiger partial charge in [-0.2, -0.15) is 0 Å². The molecule has 0 fully saturated rings. The van der Waals surface area contributed by atoms with Crippen LogP contribution in [-0.4, -0.2) is 24.8 Å². The molecule has 1 rings (SSSR count). The summed E-state index contributed by atoms with van der Waals surface area (Å²) < 4.78 is 34.7. The highest BCUT2D eigenvalue weighted by molar-refractivity contribution is 9.10. The fraction of sp³-hybridized carbons (Fsp3) is 0.250. The zero-order chi connectivity index (χ0) is 13.9. The van der Waals surface area contributed by atoms with Crippen molar-refractivity contribution in [1.29, 1.82) is 0 Å². The van der Waals surface area contributed by atoms with Crippen molar-refractivity contribution in [2.45, 2.75) is 4.90 Å². The van der Waals surface area contributed by atoms with E-state index < -0.39 is 26.5 Å². The SMILES string of the molecule is NS(=O)(=O)CCSc1cc(Br)c(F)cc1[N+](=O)[O-]. The third-order valence-electron chi connectivity index (χ3n) is 1.82. The molecule has 0 heterocycles. The highest BCUT2D eigenvalue weighted by Crippen LogP contribution is 2.33. The molecule has 0 saturated carbocycles. The maximum atomic E-state index is 13.2. The summed E-state index contributed by atoms with van der Waals surface area (Å²) in [7, 11) is -3.62. The number of primary sulfonamides is 1. The highest BCUT2D eigenvalue weighted by atomic mass is 79.9. The van der Waals surface area contributed by atoms with Crippen molar-refractivity contribution in [2.75, 3.05) is 11.5 Å². The van der Waals surface area contributed by atoms with E-state index in [1.54, 1.807) is 0 Å². The minimum absolute atomic E-state index is 0.0533. The van der Waals surface area contributed by atoms with Crippen molar-refractivity contribution >= 4 is 43.4 Å². The summed E-state index contributed by atoms with van der Waals surface area (Å²) in [4.78, 5) is 10.2. The van der Waals surface area contributed by atoms with Crippen molar-refractivity contribution in [1.82, 2.24) is 0 Å². The summed E-state index contributed by atoms with van der Waals surface area (Å²) >= 11 is 3.83. The average molecular weight is 359 g/mol. The number of nitro benzene ring substituents is 1. The number of halogens is 2. The van der Waals surface area contributed by atoms with Gasteiger partial charge < -0.3 is 0 Å². The van der Waals surface area contributed by atoms with E-state index in [4.69, 9.17) is 5.14 Å². The molecule has 0 amide bonds. The first-order chi connectivity index (χ1) is 8.20. The zero-order valence-electron chi connectivity index (χ0n) is 8.80. The molecule has 0 saturated heterocycles. The van der Waals surface area contributed by atoms with Crippen LogP contribution >= 0.6 is 27.7 Å². The van der Waals surface area contributed by atoms with Gasteiger partial charge in [0.2, 0.25) is 10.0 Å². The maximum absolute atomic E-state index is 13.2. The topological polar surface area (TPSA) is 103 Å². The number of sulfonamides is 1. The molecular weight excluding hydrogens is 351 g/mol. The van der Waals surface area contributed by atoms with Gasteiger partial charge in [-0.15, -0.1) is 11.8 Å². The van der Waals surface area contributed by atoms with Crippen LogP contribution in [0.15, 0.2) is 21.5 Å². The van der Waals surface area contributed by atoms with E-state index >= 15 is 0 Å². The second-order valence-electron chi connectivity index (χ2n) is 3.21. The molecule has 0 aliphatic heterocycles. The first kappa shape index (κ1) is 15.3. The number of rotatable bonds is 5. The van der Waals surface area contributed by atoms with Crippen LogP contribution in [0.3, 0.4) is 0 Å². The molecule has 0 aromatic heterocycles. The van der Waals surface area contributed by atoms with E-state index in [9.17, 15) is 22.9 Å². The molecule has 0 spiro atoms. The number of hydrogen-bond donors (Lipinski definition) is 1. The van der Waals surface area contributed by atoms with Crippen molar-refractivity contribution in [2.24, 2.45) is 5.14 Å². The Morgan fingerprint density at radius 3 is 2.61 bits per heavy atom. The Morgan fingerprint density at radius 1 is 1.50 bits per heavy atom. The van der Waals surface area contributed by atoms with E-state index in [0.29, 0.717) is 0 Å². The lowest BCUT2D eigenvalue weighted by atomic mass is 10.3. The largest absolute Gasteiger partial charge is 0.285 e. The van der Waals surface area contributed by atoms with Crippen molar-refractivity contribution in [3.8, 4) is 0 Å². The standard InChI is InChI=1S/C8H8BrFN2O4S2/c9-5-3-8(17-1-2-18(11,15)16)7(12(13)14)4-6(5)10/h3-4H,1-2H2,(H2,11,15,16). The van der Waals surface area contributed by atoms with Gasteiger partial charge in [0, 0.05) is 5.75 Å². The Morgan fingerprint density at radius 2 is 2.11 bits per heavy atom. The van der Waals surface area contributed by atoms with Crippen LogP contribution in [0.5, 0.6) is 0 Å². The average Bonchev–Trinajstić information content (AvgIpc) is 2.20. The maximum Gasteiger partial charge on any atom is 0.285 e. The molecule has 18 heavy (non-hydrogen) atoms. The Balaban J connectivity index is 2.94. The second-order valence-corrected chi connectivity index (χ2v) is 6.93. The summed E-state index contributed by atoms with van der Waals surface area (Å²) in [5, 5.41) is 15.5. The molecule has 0 unspecified atom stereocenters. The van der Waals surface area contributed by atoms with Crippen molar-refractivity contribution in [3.63, 3.8) is 0 Å². The lowest BCUT2D eigenvalue weighted by Crippen LogP contribution is -2.17. The summed E-state index contributed by atoms with van der Waals surface area (Å²) in [6, 6.07) is 2.02. The fourth-order valence-electron chi connectivity index (χ4n) is 1.04. The minimum Gasteiger partial charge on any atom is -0.258 e. The molecule has 0 aliphatic carbocycles. The van der Waals surface area contributed by atoms with E-state index in [-0.39, 0.29) is 20.9 Å². The molecule has 0 bridgehead atoms. The molecule has 2 N–H and O–H groups in total. The van der Waals surface area contributed by atoms with Gasteiger partial charge in [-0.05, 0) is 22.0 Å². The normalized spacial score (nSPS) is 11.5. The van der Waals surface area contributed by atoms with Gasteiger partial charge in [-0.25, -0.2) is 17.9 Å². The summed E-state index contributed by atoms with van der Waals surface area (Å²) in [5.41, 5.74) is -0.407. The van der Waals surface area contributed by atoms with Gasteiger partial charge in [-0.1, -0.05) is 0 Å². The zero-order valence-corrected chi connectivity index (χ0v) is 12.0. The monoisotopic (exact) mass is 358 g/mol. The Bertz CT molecular complexity index is 579. The third kappa shape index (κ3) is 4.52. The van der Waals surface area contributed by atoms with E-state index in [1.165, 1.54) is 6.07 Å². The smallest absolute Gasteiger partial charge is 0.258 e. The Labute approximate surface area is 115 Å². The van der Waals surface area contributed by atoms with Crippen molar-refractivity contribution < 1.29 is 17.7 Å². The molecule has 1 aromatic carbocycles. The third-order valence-corrected chi connectivity index (χ3v) is 4.51. The predicted octanol–water partition coefficient (Wildman–Crippen LogP) is 1.88. The van der Waals surface area contributed by atoms with E-state index in [0.717, 1.165) is 17.8 Å². The quantitative estimate of drug-likeness (QED) is 0.491. The molecular formula is C8H8BrFN2O4S2. The van der Waals surface area contributed by atoms with Crippen LogP contribution in [0.1, 0.15) is 0 Å². The number of hydrogen-bond acceptors (Lipinski definition) is 5. The predicted molar refractivity (Wildman–Crippen MR) is 69.5 cm³/mol. The molecule has 1 aromatic rings. The number of thioether (sulfide) groups is 1. The van der Waals surface area contributed by atoms with Gasteiger partial charge in [0.05, 0.1) is 26.1 Å². The van der Waals surface area contributed by atoms with Crippen LogP contribution in [0.25, 0.3) is 0 Å². The van der Waals surface area contributed by atoms with Gasteiger partial charge in [0.25, 0.3) is 5.69 Å². The summed E-state index contributed by atoms with van der Waals surface area (Å²) in [5.74, 6) is -1.01. The molecule has 10 heteroatoms. The van der Waals surface area contributed by atoms with Crippen LogP contribution in [0.2, 0.25) is 0 Å². The van der Waals surface area contributed by atoms with Gasteiger partial charge in [0.1, 0.15) is 5.82 Å². The lowest BCUT2D eigenvalue weighted by molar-refractivity contribution is -0.387. The number of benzene rings is 1. The van der Waals surface area contributed by atoms with Crippen LogP contribution in [0, 0.1) is 15.9 Å².